The molecule has 0 unspecified atom stereocenters. The number of benzene rings is 1. The van der Waals surface area contributed by atoms with Gasteiger partial charge in [-0.15, -0.1) is 0 Å². The summed E-state index contributed by atoms with van der Waals surface area (Å²) in [5.41, 5.74) is 5.60. The summed E-state index contributed by atoms with van der Waals surface area (Å²) in [4.78, 5) is 11.9. The Balaban J connectivity index is 2.04. The maximum absolute atomic E-state index is 13.5. The van der Waals surface area contributed by atoms with Crippen molar-refractivity contribution in [2.45, 2.75) is 38.7 Å². The molecule has 1 fully saturated rings. The predicted molar refractivity (Wildman–Crippen MR) is 67.6 cm³/mol. The Bertz CT molecular complexity index is 419. The van der Waals surface area contributed by atoms with Crippen LogP contribution in [-0.2, 0) is 4.74 Å². The van der Waals surface area contributed by atoms with E-state index in [0.29, 0.717) is 5.92 Å². The summed E-state index contributed by atoms with van der Waals surface area (Å²) in [7, 11) is 0. The molecule has 0 amide bonds. The van der Waals surface area contributed by atoms with E-state index in [-0.39, 0.29) is 17.4 Å². The van der Waals surface area contributed by atoms with Crippen molar-refractivity contribution in [2.24, 2.45) is 5.92 Å². The minimum atomic E-state index is -0.648. The molecule has 0 radical (unpaired) electrons. The summed E-state index contributed by atoms with van der Waals surface area (Å²) >= 11 is 0. The molecule has 0 atom stereocenters. The number of nitrogens with two attached hydrogens (primary N) is 1. The highest BCUT2D eigenvalue weighted by atomic mass is 19.1. The van der Waals surface area contributed by atoms with Gasteiger partial charge in [-0.3, -0.25) is 0 Å². The second kappa shape index (κ2) is 5.38. The van der Waals surface area contributed by atoms with Crippen LogP contribution in [0.5, 0.6) is 0 Å². The lowest BCUT2D eigenvalue weighted by Gasteiger charge is -2.26. The van der Waals surface area contributed by atoms with E-state index in [1.807, 2.05) is 0 Å². The van der Waals surface area contributed by atoms with E-state index in [1.165, 1.54) is 18.2 Å². The molecule has 18 heavy (non-hydrogen) atoms. The van der Waals surface area contributed by atoms with Crippen LogP contribution in [0, 0.1) is 11.7 Å². The molecule has 0 spiro atoms. The standard InChI is InChI=1S/C14H18FNO2/c1-9-5-7-10(8-6-9)18-14(17)13-11(15)3-2-4-12(13)16/h2-4,9-10H,5-8,16H2,1H3. The molecule has 1 aliphatic carbocycles. The normalized spacial score (nSPS) is 23.7. The van der Waals surface area contributed by atoms with Crippen molar-refractivity contribution in [3.63, 3.8) is 0 Å². The number of carbonyl (C=O) groups excluding carboxylic acids is 1. The summed E-state index contributed by atoms with van der Waals surface area (Å²) < 4.78 is 18.9. The summed E-state index contributed by atoms with van der Waals surface area (Å²) in [6, 6.07) is 4.20. The SMILES string of the molecule is CC1CCC(OC(=O)c2c(N)cccc2F)CC1. The first-order valence-corrected chi connectivity index (χ1v) is 6.33. The van der Waals surface area contributed by atoms with Gasteiger partial charge in [0.2, 0.25) is 0 Å². The fourth-order valence-corrected chi connectivity index (χ4v) is 2.31. The lowest BCUT2D eigenvalue weighted by Crippen LogP contribution is -2.24. The van der Waals surface area contributed by atoms with Crippen molar-refractivity contribution < 1.29 is 13.9 Å². The molecule has 0 bridgehead atoms. The molecule has 4 heteroatoms. The lowest BCUT2D eigenvalue weighted by atomic mass is 9.89. The van der Waals surface area contributed by atoms with Gasteiger partial charge in [0, 0.05) is 5.69 Å². The van der Waals surface area contributed by atoms with Crippen molar-refractivity contribution in [2.75, 3.05) is 5.73 Å². The lowest BCUT2D eigenvalue weighted by molar-refractivity contribution is 0.0170. The number of nitrogen functional groups attached to an aromatic ring is 1. The molecule has 0 saturated heterocycles. The molecule has 1 aliphatic rings. The number of hydrogen-bond donors (Lipinski definition) is 1. The molecule has 1 aromatic rings. The Morgan fingerprint density at radius 2 is 2.00 bits per heavy atom. The van der Waals surface area contributed by atoms with Crippen molar-refractivity contribution in [3.8, 4) is 0 Å². The van der Waals surface area contributed by atoms with Gasteiger partial charge < -0.3 is 10.5 Å². The van der Waals surface area contributed by atoms with Crippen LogP contribution in [-0.4, -0.2) is 12.1 Å². The van der Waals surface area contributed by atoms with Crippen LogP contribution >= 0.6 is 0 Å². The third-order valence-electron chi connectivity index (χ3n) is 3.49. The van der Waals surface area contributed by atoms with E-state index >= 15 is 0 Å². The molecule has 98 valence electrons. The highest BCUT2D eigenvalue weighted by molar-refractivity contribution is 5.95. The van der Waals surface area contributed by atoms with Crippen molar-refractivity contribution >= 4 is 11.7 Å². The molecule has 1 saturated carbocycles. The first-order chi connectivity index (χ1) is 8.58. The minimum absolute atomic E-state index is 0.104. The smallest absolute Gasteiger partial charge is 0.343 e. The number of ether oxygens (including phenoxy) is 1. The van der Waals surface area contributed by atoms with Gasteiger partial charge in [-0.05, 0) is 43.7 Å². The average Bonchev–Trinajstić information content (AvgIpc) is 2.32. The largest absolute Gasteiger partial charge is 0.459 e. The van der Waals surface area contributed by atoms with Crippen molar-refractivity contribution in [1.82, 2.24) is 0 Å². The van der Waals surface area contributed by atoms with E-state index in [0.717, 1.165) is 25.7 Å². The molecule has 0 aliphatic heterocycles. The van der Waals surface area contributed by atoms with Crippen LogP contribution in [0.25, 0.3) is 0 Å². The van der Waals surface area contributed by atoms with Crippen molar-refractivity contribution in [1.29, 1.82) is 0 Å². The van der Waals surface area contributed by atoms with E-state index in [9.17, 15) is 9.18 Å². The molecule has 2 rings (SSSR count). The van der Waals surface area contributed by atoms with Crippen LogP contribution in [0.2, 0.25) is 0 Å². The van der Waals surface area contributed by atoms with Gasteiger partial charge in [0.05, 0.1) is 0 Å². The molecule has 3 nitrogen and oxygen atoms in total. The second-order valence-electron chi connectivity index (χ2n) is 4.99. The topological polar surface area (TPSA) is 52.3 Å². The third-order valence-corrected chi connectivity index (χ3v) is 3.49. The fourth-order valence-electron chi connectivity index (χ4n) is 2.31. The third kappa shape index (κ3) is 2.81. The maximum atomic E-state index is 13.5. The average molecular weight is 251 g/mol. The summed E-state index contributed by atoms with van der Waals surface area (Å²) in [6.45, 7) is 2.19. The zero-order chi connectivity index (χ0) is 13.1. The van der Waals surface area contributed by atoms with E-state index in [2.05, 4.69) is 6.92 Å². The van der Waals surface area contributed by atoms with Gasteiger partial charge in [0.1, 0.15) is 17.5 Å². The number of esters is 1. The first kappa shape index (κ1) is 12.9. The zero-order valence-electron chi connectivity index (χ0n) is 10.5. The number of hydrogen-bond acceptors (Lipinski definition) is 3. The Kier molecular flexibility index (Phi) is 3.84. The van der Waals surface area contributed by atoms with Crippen LogP contribution in [0.1, 0.15) is 43.0 Å². The van der Waals surface area contributed by atoms with E-state index < -0.39 is 11.8 Å². The van der Waals surface area contributed by atoms with Crippen LogP contribution in [0.3, 0.4) is 0 Å². The highest BCUT2D eigenvalue weighted by Crippen LogP contribution is 2.27. The monoisotopic (exact) mass is 251 g/mol. The van der Waals surface area contributed by atoms with E-state index in [1.54, 1.807) is 0 Å². The van der Waals surface area contributed by atoms with E-state index in [4.69, 9.17) is 10.5 Å². The Labute approximate surface area is 106 Å². The molecule has 0 aromatic heterocycles. The quantitative estimate of drug-likeness (QED) is 0.649. The van der Waals surface area contributed by atoms with Gasteiger partial charge in [0.25, 0.3) is 0 Å². The molecular weight excluding hydrogens is 233 g/mol. The summed E-state index contributed by atoms with van der Waals surface area (Å²) in [6.07, 6.45) is 3.69. The first-order valence-electron chi connectivity index (χ1n) is 6.33. The molecule has 1 aromatic carbocycles. The molecule has 2 N–H and O–H groups in total. The summed E-state index contributed by atoms with van der Waals surface area (Å²) in [5, 5.41) is 0. The van der Waals surface area contributed by atoms with Crippen molar-refractivity contribution in [3.05, 3.63) is 29.6 Å². The zero-order valence-corrected chi connectivity index (χ0v) is 10.5. The van der Waals surface area contributed by atoms with Gasteiger partial charge in [-0.1, -0.05) is 13.0 Å². The van der Waals surface area contributed by atoms with Gasteiger partial charge in [-0.2, -0.15) is 0 Å². The highest BCUT2D eigenvalue weighted by Gasteiger charge is 2.24. The Morgan fingerprint density at radius 3 is 2.61 bits per heavy atom. The number of anilines is 1. The number of rotatable bonds is 2. The van der Waals surface area contributed by atoms with Crippen LogP contribution in [0.15, 0.2) is 18.2 Å². The fraction of sp³-hybridized carbons (Fsp3) is 0.500. The molecule has 0 heterocycles. The molecular formula is C14H18FNO2. The minimum Gasteiger partial charge on any atom is -0.459 e. The second-order valence-corrected chi connectivity index (χ2v) is 4.99. The van der Waals surface area contributed by atoms with Crippen LogP contribution in [0.4, 0.5) is 10.1 Å². The maximum Gasteiger partial charge on any atom is 0.343 e. The predicted octanol–water partition coefficient (Wildman–Crippen LogP) is 3.14. The van der Waals surface area contributed by atoms with Gasteiger partial charge in [0.15, 0.2) is 0 Å². The Hall–Kier alpha value is -1.58. The van der Waals surface area contributed by atoms with Gasteiger partial charge >= 0.3 is 5.97 Å². The van der Waals surface area contributed by atoms with Crippen LogP contribution < -0.4 is 5.73 Å². The van der Waals surface area contributed by atoms with Gasteiger partial charge in [-0.25, -0.2) is 9.18 Å². The Morgan fingerprint density at radius 1 is 1.33 bits per heavy atom. The summed E-state index contributed by atoms with van der Waals surface area (Å²) in [5.74, 6) is -0.590. The number of carbonyl (C=O) groups is 1. The number of halogens is 1.